The molecule has 1 aliphatic heterocycles. The van der Waals surface area contributed by atoms with Gasteiger partial charge in [0.2, 0.25) is 10.0 Å². The number of benzene rings is 2. The number of ether oxygens (including phenoxy) is 1. The first-order chi connectivity index (χ1) is 12.4. The van der Waals surface area contributed by atoms with Crippen molar-refractivity contribution in [3.8, 4) is 0 Å². The fraction of sp³-hybridized carbons (Fsp3) is 0.368. The zero-order valence-corrected chi connectivity index (χ0v) is 15.1. The van der Waals surface area contributed by atoms with Gasteiger partial charge in [0, 0.05) is 19.7 Å². The van der Waals surface area contributed by atoms with Gasteiger partial charge in [0.15, 0.2) is 0 Å². The third-order valence-electron chi connectivity index (χ3n) is 4.44. The lowest BCUT2D eigenvalue weighted by molar-refractivity contribution is 0.0972. The molecular formula is C19H21F2NO3S. The summed E-state index contributed by atoms with van der Waals surface area (Å²) in [6, 6.07) is 11.5. The standard InChI is InChI=1S/C19H21F2NO3S/c20-17-7-3-15(4-8-17)12-22(13-16-5-9-18(21)10-6-16)26(23,24)19-2-1-11-25-14-19/h3-10,19H,1-2,11-14H2. The van der Waals surface area contributed by atoms with Crippen molar-refractivity contribution >= 4 is 10.0 Å². The Morgan fingerprint density at radius 2 is 1.42 bits per heavy atom. The number of sulfonamides is 1. The van der Waals surface area contributed by atoms with Crippen LogP contribution in [0, 0.1) is 11.6 Å². The van der Waals surface area contributed by atoms with Crippen molar-refractivity contribution in [1.82, 2.24) is 4.31 Å². The van der Waals surface area contributed by atoms with Crippen molar-refractivity contribution < 1.29 is 21.9 Å². The van der Waals surface area contributed by atoms with Gasteiger partial charge in [0.25, 0.3) is 0 Å². The van der Waals surface area contributed by atoms with E-state index in [4.69, 9.17) is 4.74 Å². The molecular weight excluding hydrogens is 360 g/mol. The van der Waals surface area contributed by atoms with E-state index >= 15 is 0 Å². The van der Waals surface area contributed by atoms with E-state index in [0.717, 1.165) is 0 Å². The third-order valence-corrected chi connectivity index (χ3v) is 6.64. The van der Waals surface area contributed by atoms with E-state index in [1.165, 1.54) is 28.6 Å². The summed E-state index contributed by atoms with van der Waals surface area (Å²) in [6.45, 7) is 0.987. The van der Waals surface area contributed by atoms with Crippen molar-refractivity contribution in [1.29, 1.82) is 0 Å². The van der Waals surface area contributed by atoms with E-state index in [9.17, 15) is 17.2 Å². The average molecular weight is 381 g/mol. The normalized spacial score (nSPS) is 18.2. The van der Waals surface area contributed by atoms with Gasteiger partial charge in [-0.15, -0.1) is 0 Å². The predicted octanol–water partition coefficient (Wildman–Crippen LogP) is 3.48. The summed E-state index contributed by atoms with van der Waals surface area (Å²) >= 11 is 0. The Labute approximate surface area is 152 Å². The Kier molecular flexibility index (Phi) is 6.01. The highest BCUT2D eigenvalue weighted by Crippen LogP contribution is 2.23. The van der Waals surface area contributed by atoms with E-state index in [0.29, 0.717) is 30.6 Å². The molecule has 0 amide bonds. The van der Waals surface area contributed by atoms with Crippen LogP contribution < -0.4 is 0 Å². The summed E-state index contributed by atoms with van der Waals surface area (Å²) < 4.78 is 59.3. The lowest BCUT2D eigenvalue weighted by atomic mass is 10.2. The molecule has 0 radical (unpaired) electrons. The number of hydrogen-bond acceptors (Lipinski definition) is 3. The summed E-state index contributed by atoms with van der Waals surface area (Å²) in [4.78, 5) is 0. The van der Waals surface area contributed by atoms with Gasteiger partial charge in [-0.1, -0.05) is 24.3 Å². The maximum Gasteiger partial charge on any atom is 0.219 e. The largest absolute Gasteiger partial charge is 0.380 e. The molecule has 0 saturated carbocycles. The van der Waals surface area contributed by atoms with Crippen molar-refractivity contribution in [2.75, 3.05) is 13.2 Å². The number of rotatable bonds is 6. The monoisotopic (exact) mass is 381 g/mol. The molecule has 0 spiro atoms. The molecule has 7 heteroatoms. The first-order valence-corrected chi connectivity index (χ1v) is 10.0. The van der Waals surface area contributed by atoms with E-state index in [1.807, 2.05) is 0 Å². The fourth-order valence-electron chi connectivity index (χ4n) is 2.98. The average Bonchev–Trinajstić information content (AvgIpc) is 2.65. The van der Waals surface area contributed by atoms with Gasteiger partial charge in [-0.2, -0.15) is 4.31 Å². The summed E-state index contributed by atoms with van der Waals surface area (Å²) in [6.07, 6.45) is 1.25. The fourth-order valence-corrected chi connectivity index (χ4v) is 4.79. The molecule has 1 fully saturated rings. The minimum Gasteiger partial charge on any atom is -0.380 e. The van der Waals surface area contributed by atoms with Crippen LogP contribution in [0.2, 0.25) is 0 Å². The maximum absolute atomic E-state index is 13.1. The van der Waals surface area contributed by atoms with Crippen LogP contribution in [-0.4, -0.2) is 31.2 Å². The van der Waals surface area contributed by atoms with Gasteiger partial charge in [0.1, 0.15) is 11.6 Å². The van der Waals surface area contributed by atoms with Crippen molar-refractivity contribution in [3.63, 3.8) is 0 Å². The zero-order chi connectivity index (χ0) is 18.6. The van der Waals surface area contributed by atoms with Crippen LogP contribution in [0.25, 0.3) is 0 Å². The third kappa shape index (κ3) is 4.66. The van der Waals surface area contributed by atoms with Crippen LogP contribution in [0.1, 0.15) is 24.0 Å². The molecule has 2 aromatic carbocycles. The molecule has 1 unspecified atom stereocenters. The minimum absolute atomic E-state index is 0.122. The van der Waals surface area contributed by atoms with Crippen LogP contribution in [0.3, 0.4) is 0 Å². The second-order valence-electron chi connectivity index (χ2n) is 6.41. The highest BCUT2D eigenvalue weighted by atomic mass is 32.2. The molecule has 1 heterocycles. The van der Waals surface area contributed by atoms with Crippen LogP contribution in [0.15, 0.2) is 48.5 Å². The van der Waals surface area contributed by atoms with Crippen LogP contribution in [0.4, 0.5) is 8.78 Å². The van der Waals surface area contributed by atoms with Gasteiger partial charge in [0.05, 0.1) is 11.9 Å². The van der Waals surface area contributed by atoms with Crippen LogP contribution in [0.5, 0.6) is 0 Å². The summed E-state index contributed by atoms with van der Waals surface area (Å²) in [5.74, 6) is -0.746. The van der Waals surface area contributed by atoms with E-state index < -0.39 is 15.3 Å². The van der Waals surface area contributed by atoms with Crippen LogP contribution in [-0.2, 0) is 27.8 Å². The van der Waals surface area contributed by atoms with Gasteiger partial charge in [-0.25, -0.2) is 17.2 Å². The number of nitrogens with zero attached hydrogens (tertiary/aromatic N) is 1. The van der Waals surface area contributed by atoms with Crippen molar-refractivity contribution in [2.24, 2.45) is 0 Å². The molecule has 1 atom stereocenters. The van der Waals surface area contributed by atoms with E-state index in [1.54, 1.807) is 24.3 Å². The Morgan fingerprint density at radius 1 is 0.923 bits per heavy atom. The summed E-state index contributed by atoms with van der Waals surface area (Å²) in [5, 5.41) is -0.600. The first-order valence-electron chi connectivity index (χ1n) is 8.51. The molecule has 26 heavy (non-hydrogen) atoms. The first kappa shape index (κ1) is 18.9. The van der Waals surface area contributed by atoms with Crippen molar-refractivity contribution in [3.05, 3.63) is 71.3 Å². The molecule has 0 aromatic heterocycles. The van der Waals surface area contributed by atoms with E-state index in [-0.39, 0.29) is 31.3 Å². The Hall–Kier alpha value is -1.83. The summed E-state index contributed by atoms with van der Waals surface area (Å²) in [7, 11) is -3.62. The molecule has 0 aliphatic carbocycles. The number of halogens is 2. The molecule has 2 aromatic rings. The lowest BCUT2D eigenvalue weighted by Gasteiger charge is -2.30. The van der Waals surface area contributed by atoms with Crippen LogP contribution >= 0.6 is 0 Å². The predicted molar refractivity (Wildman–Crippen MR) is 94.8 cm³/mol. The number of hydrogen-bond donors (Lipinski definition) is 0. The summed E-state index contributed by atoms with van der Waals surface area (Å²) in [5.41, 5.74) is 1.38. The Morgan fingerprint density at radius 3 is 1.85 bits per heavy atom. The Bertz CT molecular complexity index is 769. The van der Waals surface area contributed by atoms with Gasteiger partial charge in [-0.05, 0) is 48.2 Å². The minimum atomic E-state index is -3.62. The molecule has 0 bridgehead atoms. The second-order valence-corrected chi connectivity index (χ2v) is 8.62. The van der Waals surface area contributed by atoms with Gasteiger partial charge in [-0.3, -0.25) is 0 Å². The quantitative estimate of drug-likeness (QED) is 0.770. The highest BCUT2D eigenvalue weighted by Gasteiger charge is 2.33. The lowest BCUT2D eigenvalue weighted by Crippen LogP contribution is -2.42. The second kappa shape index (κ2) is 8.24. The molecule has 1 saturated heterocycles. The van der Waals surface area contributed by atoms with Gasteiger partial charge < -0.3 is 4.74 Å². The van der Waals surface area contributed by atoms with E-state index in [2.05, 4.69) is 0 Å². The molecule has 140 valence electrons. The smallest absolute Gasteiger partial charge is 0.219 e. The van der Waals surface area contributed by atoms with Crippen molar-refractivity contribution in [2.45, 2.75) is 31.2 Å². The topological polar surface area (TPSA) is 46.6 Å². The molecule has 4 nitrogen and oxygen atoms in total. The zero-order valence-electron chi connectivity index (χ0n) is 14.3. The molecule has 0 N–H and O–H groups in total. The maximum atomic E-state index is 13.1. The Balaban J connectivity index is 1.86. The SMILES string of the molecule is O=S(=O)(C1CCCOC1)N(Cc1ccc(F)cc1)Cc1ccc(F)cc1. The molecule has 1 aliphatic rings. The highest BCUT2D eigenvalue weighted by molar-refractivity contribution is 7.89. The molecule has 3 rings (SSSR count). The van der Waals surface area contributed by atoms with Gasteiger partial charge >= 0.3 is 0 Å².